The maximum Gasteiger partial charge on any atom is 0.256 e. The molecule has 3 nitrogen and oxygen atoms in total. The third-order valence-electron chi connectivity index (χ3n) is 9.09. The summed E-state index contributed by atoms with van der Waals surface area (Å²) in [5.74, 6) is 1.78. The molecule has 7 aromatic carbocycles. The van der Waals surface area contributed by atoms with Gasteiger partial charge in [-0.25, -0.2) is 0 Å². The maximum atomic E-state index is 6.92. The van der Waals surface area contributed by atoms with E-state index in [0.717, 1.165) is 34.2 Å². The van der Waals surface area contributed by atoms with Crippen molar-refractivity contribution in [3.63, 3.8) is 0 Å². The van der Waals surface area contributed by atoms with E-state index in [9.17, 15) is 0 Å². The van der Waals surface area contributed by atoms with Crippen LogP contribution in [0.1, 0.15) is 0 Å². The molecule has 0 aromatic heterocycles. The summed E-state index contributed by atoms with van der Waals surface area (Å²) in [6, 6.07) is 62.3. The molecule has 2 aliphatic heterocycles. The second kappa shape index (κ2) is 10.9. The summed E-state index contributed by atoms with van der Waals surface area (Å²) in [6.45, 7) is 0.0181. The maximum absolute atomic E-state index is 6.92. The molecule has 0 amide bonds. The highest BCUT2D eigenvalue weighted by Crippen LogP contribution is 2.46. The number of hydrogen-bond acceptors (Lipinski definition) is 3. The molecular weight excluding hydrogens is 559 g/mol. The molecule has 2 aliphatic rings. The van der Waals surface area contributed by atoms with Gasteiger partial charge in [0.05, 0.1) is 5.69 Å². The van der Waals surface area contributed by atoms with Crippen molar-refractivity contribution in [2.75, 3.05) is 9.80 Å². The normalized spacial score (nSPS) is 12.4. The summed E-state index contributed by atoms with van der Waals surface area (Å²) in [5.41, 5.74) is 12.7. The van der Waals surface area contributed by atoms with E-state index in [0.29, 0.717) is 0 Å². The second-order valence-corrected chi connectivity index (χ2v) is 11.7. The van der Waals surface area contributed by atoms with Crippen LogP contribution >= 0.6 is 0 Å². The summed E-state index contributed by atoms with van der Waals surface area (Å²) in [5, 5.41) is 0. The van der Waals surface area contributed by atoms with Crippen molar-refractivity contribution >= 4 is 57.2 Å². The summed E-state index contributed by atoms with van der Waals surface area (Å²) in [4.78, 5) is 4.71. The Morgan fingerprint density at radius 3 is 1.78 bits per heavy atom. The van der Waals surface area contributed by atoms with Gasteiger partial charge in [0.25, 0.3) is 6.71 Å². The van der Waals surface area contributed by atoms with Crippen LogP contribution in [-0.4, -0.2) is 6.71 Å². The average molecular weight is 589 g/mol. The van der Waals surface area contributed by atoms with E-state index in [1.807, 2.05) is 0 Å². The third kappa shape index (κ3) is 4.22. The molecule has 46 heavy (non-hydrogen) atoms. The zero-order valence-electron chi connectivity index (χ0n) is 25.1. The highest BCUT2D eigenvalue weighted by Gasteiger charge is 2.43. The first-order valence-corrected chi connectivity index (χ1v) is 15.7. The van der Waals surface area contributed by atoms with Gasteiger partial charge in [0.15, 0.2) is 0 Å². The molecule has 216 valence electrons. The topological polar surface area (TPSA) is 15.7 Å². The number of fused-ring (bicyclic) bond motifs is 4. The van der Waals surface area contributed by atoms with Crippen LogP contribution in [0.4, 0.5) is 34.1 Å². The van der Waals surface area contributed by atoms with Crippen molar-refractivity contribution in [3.8, 4) is 22.6 Å². The number of nitrogens with zero attached hydrogens (tertiary/aromatic N) is 2. The molecule has 4 heteroatoms. The average Bonchev–Trinajstić information content (AvgIpc) is 3.13. The van der Waals surface area contributed by atoms with E-state index in [-0.39, 0.29) is 6.71 Å². The fraction of sp³-hybridized carbons (Fsp3) is 0. The highest BCUT2D eigenvalue weighted by atomic mass is 16.5. The molecule has 0 saturated heterocycles. The van der Waals surface area contributed by atoms with E-state index >= 15 is 0 Å². The molecule has 9 rings (SSSR count). The molecule has 0 aliphatic carbocycles. The molecule has 0 fully saturated rings. The van der Waals surface area contributed by atoms with Crippen molar-refractivity contribution in [2.45, 2.75) is 0 Å². The molecule has 0 unspecified atom stereocenters. The lowest BCUT2D eigenvalue weighted by Crippen LogP contribution is -2.59. The van der Waals surface area contributed by atoms with Crippen LogP contribution in [0.25, 0.3) is 11.1 Å². The van der Waals surface area contributed by atoms with Crippen LogP contribution in [0, 0.1) is 0 Å². The minimum atomic E-state index is 0.0181. The van der Waals surface area contributed by atoms with Gasteiger partial charge in [-0.15, -0.1) is 0 Å². The van der Waals surface area contributed by atoms with Crippen LogP contribution in [0.3, 0.4) is 0 Å². The van der Waals surface area contributed by atoms with Crippen molar-refractivity contribution in [2.24, 2.45) is 0 Å². The fourth-order valence-corrected chi connectivity index (χ4v) is 7.14. The van der Waals surface area contributed by atoms with Crippen LogP contribution in [0.2, 0.25) is 0 Å². The Kier molecular flexibility index (Phi) is 6.24. The van der Waals surface area contributed by atoms with Gasteiger partial charge in [-0.3, -0.25) is 0 Å². The molecule has 0 radical (unpaired) electrons. The van der Waals surface area contributed by atoms with Gasteiger partial charge >= 0.3 is 0 Å². The van der Waals surface area contributed by atoms with Gasteiger partial charge in [0.1, 0.15) is 11.5 Å². The van der Waals surface area contributed by atoms with Gasteiger partial charge in [0.2, 0.25) is 0 Å². The molecule has 0 atom stereocenters. The summed E-state index contributed by atoms with van der Waals surface area (Å²) in [7, 11) is 0. The fourth-order valence-electron chi connectivity index (χ4n) is 7.14. The molecule has 0 saturated carbocycles. The lowest BCUT2D eigenvalue weighted by Gasteiger charge is -2.41. The molecule has 7 aromatic rings. The number of para-hydroxylation sites is 4. The molecule has 0 N–H and O–H groups in total. The summed E-state index contributed by atoms with van der Waals surface area (Å²) < 4.78 is 6.92. The van der Waals surface area contributed by atoms with Crippen molar-refractivity contribution in [1.82, 2.24) is 0 Å². The minimum absolute atomic E-state index is 0.0181. The van der Waals surface area contributed by atoms with E-state index in [2.05, 4.69) is 186 Å². The Labute approximate surface area is 269 Å². The first kappa shape index (κ1) is 26.4. The van der Waals surface area contributed by atoms with Crippen molar-refractivity contribution < 1.29 is 4.74 Å². The Bertz CT molecular complexity index is 2150. The largest absolute Gasteiger partial charge is 0.458 e. The van der Waals surface area contributed by atoms with Gasteiger partial charge in [-0.05, 0) is 82.6 Å². The van der Waals surface area contributed by atoms with Gasteiger partial charge in [-0.2, -0.15) is 0 Å². The van der Waals surface area contributed by atoms with Gasteiger partial charge in [-0.1, -0.05) is 109 Å². The Morgan fingerprint density at radius 2 is 1.09 bits per heavy atom. The number of anilines is 6. The van der Waals surface area contributed by atoms with Crippen LogP contribution in [0.5, 0.6) is 11.5 Å². The summed E-state index contributed by atoms with van der Waals surface area (Å²) in [6.07, 6.45) is 0. The Morgan fingerprint density at radius 1 is 0.478 bits per heavy atom. The molecular formula is C42H29BN2O. The monoisotopic (exact) mass is 588 g/mol. The van der Waals surface area contributed by atoms with E-state index in [4.69, 9.17) is 4.74 Å². The lowest BCUT2D eigenvalue weighted by atomic mass is 9.34. The number of benzene rings is 7. The number of rotatable bonds is 5. The van der Waals surface area contributed by atoms with Gasteiger partial charge in [0, 0.05) is 40.1 Å². The molecule has 0 bridgehead atoms. The SMILES string of the molecule is c1ccc(-c2ccc3c4c2N(c2ccccc2)c2ccccc2B4c2ccc(N(c4ccccc4)c4ccccc4)cc2O3)cc1. The Balaban J connectivity index is 1.27. The predicted octanol–water partition coefficient (Wildman–Crippen LogP) is 9.23. The van der Waals surface area contributed by atoms with Gasteiger partial charge < -0.3 is 14.5 Å². The first-order chi connectivity index (χ1) is 22.8. The Hall–Kier alpha value is -6.00. The predicted molar refractivity (Wildman–Crippen MR) is 192 cm³/mol. The number of hydrogen-bond donors (Lipinski definition) is 0. The van der Waals surface area contributed by atoms with E-state index < -0.39 is 0 Å². The zero-order valence-corrected chi connectivity index (χ0v) is 25.1. The van der Waals surface area contributed by atoms with Crippen LogP contribution in [0.15, 0.2) is 176 Å². The van der Waals surface area contributed by atoms with E-state index in [1.165, 1.54) is 38.9 Å². The third-order valence-corrected chi connectivity index (χ3v) is 9.09. The molecule has 0 spiro atoms. The van der Waals surface area contributed by atoms with E-state index in [1.54, 1.807) is 0 Å². The zero-order chi connectivity index (χ0) is 30.5. The highest BCUT2D eigenvalue weighted by molar-refractivity contribution is 6.99. The second-order valence-electron chi connectivity index (χ2n) is 11.7. The smallest absolute Gasteiger partial charge is 0.256 e. The van der Waals surface area contributed by atoms with Crippen molar-refractivity contribution in [1.29, 1.82) is 0 Å². The summed E-state index contributed by atoms with van der Waals surface area (Å²) >= 11 is 0. The molecule has 2 heterocycles. The van der Waals surface area contributed by atoms with Crippen LogP contribution in [-0.2, 0) is 0 Å². The quantitative estimate of drug-likeness (QED) is 0.187. The lowest BCUT2D eigenvalue weighted by molar-refractivity contribution is 0.487. The van der Waals surface area contributed by atoms with Crippen LogP contribution < -0.4 is 30.9 Å². The minimum Gasteiger partial charge on any atom is -0.458 e. The first-order valence-electron chi connectivity index (χ1n) is 15.7. The number of ether oxygens (including phenoxy) is 1. The van der Waals surface area contributed by atoms with Crippen molar-refractivity contribution in [3.05, 3.63) is 176 Å². The standard InChI is InChI=1S/C42H29BN2O/c1-5-15-30(16-6-1)35-26-28-39-41-42(35)45(33-21-11-4-12-22-33)38-24-14-13-23-36(38)43(41)37-27-25-34(29-40(37)46-39)44(31-17-7-2-8-18-31)32-19-9-3-10-20-32/h1-29H.